The number of carbonyl (C=O) groups is 3. The van der Waals surface area contributed by atoms with E-state index in [2.05, 4.69) is 0 Å². The summed E-state index contributed by atoms with van der Waals surface area (Å²) in [5.41, 5.74) is 5.26. The number of aliphatic carboxylic acids is 3. The Kier molecular flexibility index (Phi) is 9.62. The smallest absolute Gasteiger partial charge is 0.330 e. The van der Waals surface area contributed by atoms with Gasteiger partial charge in [0.15, 0.2) is 0 Å². The van der Waals surface area contributed by atoms with Gasteiger partial charge in [-0.2, -0.15) is 0 Å². The molecule has 0 fully saturated rings. The molecular weight excluding hydrogens is 230 g/mol. The van der Waals surface area contributed by atoms with Gasteiger partial charge < -0.3 is 21.1 Å². The third-order valence-electron chi connectivity index (χ3n) is 1.56. The number of rotatable bonds is 5. The highest BCUT2D eigenvalue weighted by Gasteiger charge is 2.14. The zero-order valence-corrected chi connectivity index (χ0v) is 9.71. The standard InChI is InChI=1S/C6H10O2.C4H7NO4/c1-3-4-5(2)6(7)8;5-2(4(8)9)1-3(6)7/h4H,3H2,1-2H3,(H,7,8);2H,1,5H2,(H,6,7)(H,8,9)/t;2-/m.0/s1. The summed E-state index contributed by atoms with van der Waals surface area (Å²) in [7, 11) is 0. The van der Waals surface area contributed by atoms with Crippen molar-refractivity contribution in [1.29, 1.82) is 0 Å². The summed E-state index contributed by atoms with van der Waals surface area (Å²) < 4.78 is 0. The molecule has 0 aromatic rings. The van der Waals surface area contributed by atoms with Crippen LogP contribution >= 0.6 is 0 Å². The first-order valence-corrected chi connectivity index (χ1v) is 4.82. The largest absolute Gasteiger partial charge is 0.481 e. The van der Waals surface area contributed by atoms with E-state index in [-0.39, 0.29) is 0 Å². The van der Waals surface area contributed by atoms with Gasteiger partial charge in [0.25, 0.3) is 0 Å². The summed E-state index contributed by atoms with van der Waals surface area (Å²) in [5, 5.41) is 24.3. The Morgan fingerprint density at radius 1 is 1.24 bits per heavy atom. The third kappa shape index (κ3) is 12.0. The van der Waals surface area contributed by atoms with E-state index in [1.807, 2.05) is 6.92 Å². The Bertz CT molecular complexity index is 310. The highest BCUT2D eigenvalue weighted by atomic mass is 16.4. The van der Waals surface area contributed by atoms with Crippen molar-refractivity contribution >= 4 is 17.9 Å². The van der Waals surface area contributed by atoms with Crippen LogP contribution in [0.2, 0.25) is 0 Å². The summed E-state index contributed by atoms with van der Waals surface area (Å²) >= 11 is 0. The number of carboxylic acids is 3. The lowest BCUT2D eigenvalue weighted by Gasteiger charge is -1.99. The minimum atomic E-state index is -1.29. The molecule has 0 aromatic heterocycles. The Morgan fingerprint density at radius 2 is 1.71 bits per heavy atom. The molecule has 98 valence electrons. The fraction of sp³-hybridized carbons (Fsp3) is 0.500. The molecule has 0 aliphatic rings. The summed E-state index contributed by atoms with van der Waals surface area (Å²) in [6, 6.07) is -1.29. The van der Waals surface area contributed by atoms with Crippen molar-refractivity contribution in [1.82, 2.24) is 0 Å². The van der Waals surface area contributed by atoms with Gasteiger partial charge >= 0.3 is 17.9 Å². The molecule has 1 atom stereocenters. The van der Waals surface area contributed by atoms with Crippen LogP contribution in [-0.4, -0.2) is 39.3 Å². The quantitative estimate of drug-likeness (QED) is 0.512. The van der Waals surface area contributed by atoms with Crippen LogP contribution in [0.3, 0.4) is 0 Å². The second-order valence-electron chi connectivity index (χ2n) is 3.14. The lowest BCUT2D eigenvalue weighted by Crippen LogP contribution is -2.32. The van der Waals surface area contributed by atoms with Gasteiger partial charge in [0, 0.05) is 5.57 Å². The van der Waals surface area contributed by atoms with Crippen molar-refractivity contribution in [2.45, 2.75) is 32.7 Å². The summed E-state index contributed by atoms with van der Waals surface area (Å²) in [5.74, 6) is -3.32. The van der Waals surface area contributed by atoms with E-state index < -0.39 is 30.4 Å². The molecule has 0 heterocycles. The highest BCUT2D eigenvalue weighted by molar-refractivity contribution is 5.85. The average Bonchev–Trinajstić information content (AvgIpc) is 2.17. The number of allylic oxidation sites excluding steroid dienone is 1. The van der Waals surface area contributed by atoms with Gasteiger partial charge in [-0.25, -0.2) is 4.79 Å². The van der Waals surface area contributed by atoms with Gasteiger partial charge in [0.2, 0.25) is 0 Å². The second kappa shape index (κ2) is 9.34. The van der Waals surface area contributed by atoms with Crippen molar-refractivity contribution in [3.8, 4) is 0 Å². The molecule has 0 saturated carbocycles. The maximum Gasteiger partial charge on any atom is 0.330 e. The van der Waals surface area contributed by atoms with E-state index in [4.69, 9.17) is 21.1 Å². The summed E-state index contributed by atoms with van der Waals surface area (Å²) in [6.07, 6.45) is 1.94. The van der Waals surface area contributed by atoms with Gasteiger partial charge in [-0.15, -0.1) is 0 Å². The molecule has 0 amide bonds. The lowest BCUT2D eigenvalue weighted by molar-refractivity contribution is -0.144. The molecular formula is C10H17NO6. The van der Waals surface area contributed by atoms with Crippen molar-refractivity contribution < 1.29 is 29.7 Å². The molecule has 0 radical (unpaired) electrons. The molecule has 0 aliphatic carbocycles. The van der Waals surface area contributed by atoms with Gasteiger partial charge in [-0.3, -0.25) is 9.59 Å². The monoisotopic (exact) mass is 247 g/mol. The van der Waals surface area contributed by atoms with E-state index in [0.29, 0.717) is 5.57 Å². The van der Waals surface area contributed by atoms with Crippen LogP contribution in [0.15, 0.2) is 11.6 Å². The first kappa shape index (κ1) is 17.5. The minimum Gasteiger partial charge on any atom is -0.481 e. The Balaban J connectivity index is 0. The predicted molar refractivity (Wildman–Crippen MR) is 59.5 cm³/mol. The molecule has 7 heteroatoms. The van der Waals surface area contributed by atoms with Crippen LogP contribution in [0.25, 0.3) is 0 Å². The van der Waals surface area contributed by atoms with Crippen LogP contribution in [-0.2, 0) is 14.4 Å². The summed E-state index contributed by atoms with van der Waals surface area (Å²) in [4.78, 5) is 29.6. The first-order valence-electron chi connectivity index (χ1n) is 4.82. The van der Waals surface area contributed by atoms with Crippen molar-refractivity contribution in [3.05, 3.63) is 11.6 Å². The fourth-order valence-electron chi connectivity index (χ4n) is 0.669. The van der Waals surface area contributed by atoms with Crippen molar-refractivity contribution in [3.63, 3.8) is 0 Å². The van der Waals surface area contributed by atoms with Gasteiger partial charge in [-0.05, 0) is 13.3 Å². The van der Waals surface area contributed by atoms with E-state index in [1.54, 1.807) is 13.0 Å². The minimum absolute atomic E-state index is 0.424. The molecule has 7 nitrogen and oxygen atoms in total. The van der Waals surface area contributed by atoms with Gasteiger partial charge in [0.1, 0.15) is 6.04 Å². The molecule has 0 aliphatic heterocycles. The topological polar surface area (TPSA) is 138 Å². The zero-order chi connectivity index (χ0) is 14.0. The average molecular weight is 247 g/mol. The number of nitrogens with two attached hydrogens (primary N) is 1. The molecule has 0 saturated heterocycles. The highest BCUT2D eigenvalue weighted by Crippen LogP contribution is 1.92. The molecule has 5 N–H and O–H groups in total. The predicted octanol–water partition coefficient (Wildman–Crippen LogP) is 0.300. The van der Waals surface area contributed by atoms with Crippen LogP contribution < -0.4 is 5.73 Å². The van der Waals surface area contributed by atoms with E-state index in [0.717, 1.165) is 6.42 Å². The van der Waals surface area contributed by atoms with Crippen molar-refractivity contribution in [2.24, 2.45) is 5.73 Å². The summed E-state index contributed by atoms with van der Waals surface area (Å²) in [6.45, 7) is 3.50. The number of carboxylic acid groups (broad SMARTS) is 3. The maximum absolute atomic E-state index is 10.0. The number of hydrogen-bond donors (Lipinski definition) is 4. The third-order valence-corrected chi connectivity index (χ3v) is 1.56. The molecule has 0 bridgehead atoms. The molecule has 0 unspecified atom stereocenters. The molecule has 0 spiro atoms. The van der Waals surface area contributed by atoms with Crippen LogP contribution in [0.5, 0.6) is 0 Å². The van der Waals surface area contributed by atoms with Gasteiger partial charge in [0.05, 0.1) is 6.42 Å². The van der Waals surface area contributed by atoms with Crippen LogP contribution in [0.4, 0.5) is 0 Å². The fourth-order valence-corrected chi connectivity index (χ4v) is 0.669. The SMILES string of the molecule is CCC=C(C)C(=O)O.N[C@@H](CC(=O)O)C(=O)O. The molecule has 17 heavy (non-hydrogen) atoms. The van der Waals surface area contributed by atoms with Crippen LogP contribution in [0.1, 0.15) is 26.7 Å². The lowest BCUT2D eigenvalue weighted by atomic mass is 10.2. The first-order chi connectivity index (χ1) is 7.72. The Morgan fingerprint density at radius 3 is 1.82 bits per heavy atom. The Labute approximate surface area is 98.5 Å². The second-order valence-corrected chi connectivity index (χ2v) is 3.14. The number of hydrogen-bond acceptors (Lipinski definition) is 4. The maximum atomic E-state index is 10.0. The molecule has 0 rings (SSSR count). The van der Waals surface area contributed by atoms with Crippen LogP contribution in [0, 0.1) is 0 Å². The van der Waals surface area contributed by atoms with E-state index >= 15 is 0 Å². The van der Waals surface area contributed by atoms with Crippen molar-refractivity contribution in [2.75, 3.05) is 0 Å². The van der Waals surface area contributed by atoms with Gasteiger partial charge in [-0.1, -0.05) is 13.0 Å². The molecule has 0 aromatic carbocycles. The van der Waals surface area contributed by atoms with E-state index in [1.165, 1.54) is 0 Å². The normalized spacial score (nSPS) is 12.1. The van der Waals surface area contributed by atoms with E-state index in [9.17, 15) is 14.4 Å². The zero-order valence-electron chi connectivity index (χ0n) is 9.71. The Hall–Kier alpha value is -1.89.